The molecule has 1 atom stereocenters. The number of nitrogens with one attached hydrogen (secondary N) is 1. The third-order valence-corrected chi connectivity index (χ3v) is 3.29. The number of ether oxygens (including phenoxy) is 1. The monoisotopic (exact) mass is 351 g/mol. The molecule has 1 N–H and O–H groups in total. The predicted molar refractivity (Wildman–Crippen MR) is 84.6 cm³/mol. The summed E-state index contributed by atoms with van der Waals surface area (Å²) in [7, 11) is 0. The molecular formula is C15H18BrN3O2. The number of carbonyl (C=O) groups excluding carboxylic acids is 1. The Hall–Kier alpha value is -1.82. The number of rotatable bonds is 5. The standard InChI is InChI=1S/C15H18BrN3O2/c1-10(2)17-14(20)11(3)21-15-13(16)9-19(18-15)12-7-5-4-6-8-12/h4-11H,1-3H3,(H,17,20)/t11-/m1/s1. The van der Waals surface area contributed by atoms with Gasteiger partial charge in [-0.3, -0.25) is 4.79 Å². The molecule has 0 saturated carbocycles. The lowest BCUT2D eigenvalue weighted by atomic mass is 10.3. The van der Waals surface area contributed by atoms with E-state index in [0.29, 0.717) is 10.4 Å². The highest BCUT2D eigenvalue weighted by Crippen LogP contribution is 2.25. The maximum absolute atomic E-state index is 11.9. The zero-order valence-corrected chi connectivity index (χ0v) is 13.8. The molecule has 1 amide bonds. The summed E-state index contributed by atoms with van der Waals surface area (Å²) in [6, 6.07) is 9.77. The summed E-state index contributed by atoms with van der Waals surface area (Å²) >= 11 is 3.40. The minimum atomic E-state index is -0.608. The van der Waals surface area contributed by atoms with Crippen LogP contribution in [0.5, 0.6) is 5.88 Å². The third kappa shape index (κ3) is 4.07. The minimum Gasteiger partial charge on any atom is -0.463 e. The van der Waals surface area contributed by atoms with Gasteiger partial charge in [0.25, 0.3) is 5.91 Å². The summed E-state index contributed by atoms with van der Waals surface area (Å²) in [5.41, 5.74) is 0.923. The third-order valence-electron chi connectivity index (χ3n) is 2.75. The molecule has 0 bridgehead atoms. The van der Waals surface area contributed by atoms with Gasteiger partial charge in [0.2, 0.25) is 5.88 Å². The van der Waals surface area contributed by atoms with E-state index in [1.165, 1.54) is 0 Å². The first kappa shape index (κ1) is 15.6. The molecule has 0 fully saturated rings. The molecule has 1 aromatic heterocycles. The number of aromatic nitrogens is 2. The first-order valence-corrected chi connectivity index (χ1v) is 7.54. The molecule has 0 aliphatic rings. The molecule has 0 radical (unpaired) electrons. The number of para-hydroxylation sites is 1. The van der Waals surface area contributed by atoms with Gasteiger partial charge in [-0.05, 0) is 48.8 Å². The molecule has 0 unspecified atom stereocenters. The van der Waals surface area contributed by atoms with Crippen molar-refractivity contribution < 1.29 is 9.53 Å². The lowest BCUT2D eigenvalue weighted by molar-refractivity contribution is -0.127. The summed E-state index contributed by atoms with van der Waals surface area (Å²) in [5.74, 6) is 0.233. The van der Waals surface area contributed by atoms with Crippen LogP contribution >= 0.6 is 15.9 Å². The Morgan fingerprint density at radius 2 is 1.95 bits per heavy atom. The van der Waals surface area contributed by atoms with E-state index in [0.717, 1.165) is 5.69 Å². The van der Waals surface area contributed by atoms with E-state index in [2.05, 4.69) is 26.3 Å². The van der Waals surface area contributed by atoms with E-state index in [-0.39, 0.29) is 11.9 Å². The highest BCUT2D eigenvalue weighted by Gasteiger charge is 2.19. The van der Waals surface area contributed by atoms with Crippen molar-refractivity contribution in [1.82, 2.24) is 15.1 Å². The Balaban J connectivity index is 2.11. The molecule has 21 heavy (non-hydrogen) atoms. The molecule has 1 aromatic carbocycles. The van der Waals surface area contributed by atoms with Crippen LogP contribution in [0.15, 0.2) is 41.0 Å². The first-order valence-electron chi connectivity index (χ1n) is 6.75. The second-order valence-corrected chi connectivity index (χ2v) is 5.84. The number of hydrogen-bond donors (Lipinski definition) is 1. The number of amides is 1. The van der Waals surface area contributed by atoms with Crippen LogP contribution in [0.4, 0.5) is 0 Å². The van der Waals surface area contributed by atoms with Gasteiger partial charge in [-0.15, -0.1) is 5.10 Å². The fraction of sp³-hybridized carbons (Fsp3) is 0.333. The van der Waals surface area contributed by atoms with Crippen LogP contribution in [0.3, 0.4) is 0 Å². The first-order chi connectivity index (χ1) is 9.97. The van der Waals surface area contributed by atoms with Crippen molar-refractivity contribution in [1.29, 1.82) is 0 Å². The fourth-order valence-electron chi connectivity index (χ4n) is 1.75. The van der Waals surface area contributed by atoms with E-state index < -0.39 is 6.10 Å². The summed E-state index contributed by atoms with van der Waals surface area (Å²) in [6.45, 7) is 5.51. The Labute approximate surface area is 132 Å². The van der Waals surface area contributed by atoms with Gasteiger partial charge in [-0.25, -0.2) is 4.68 Å². The quantitative estimate of drug-likeness (QED) is 0.900. The van der Waals surface area contributed by atoms with Crippen LogP contribution in [-0.2, 0) is 4.79 Å². The highest BCUT2D eigenvalue weighted by atomic mass is 79.9. The average Bonchev–Trinajstić information content (AvgIpc) is 2.80. The van der Waals surface area contributed by atoms with Gasteiger partial charge >= 0.3 is 0 Å². The molecule has 2 aromatic rings. The topological polar surface area (TPSA) is 56.1 Å². The van der Waals surface area contributed by atoms with E-state index in [1.807, 2.05) is 44.2 Å². The van der Waals surface area contributed by atoms with Crippen molar-refractivity contribution in [3.05, 3.63) is 41.0 Å². The lowest BCUT2D eigenvalue weighted by Crippen LogP contribution is -2.40. The predicted octanol–water partition coefficient (Wildman–Crippen LogP) is 2.93. The SMILES string of the molecule is CC(C)NC(=O)[C@@H](C)Oc1nn(-c2ccccc2)cc1Br. The van der Waals surface area contributed by atoms with E-state index in [1.54, 1.807) is 17.8 Å². The van der Waals surface area contributed by atoms with Crippen LogP contribution in [0.25, 0.3) is 5.69 Å². The maximum Gasteiger partial charge on any atom is 0.261 e. The average molecular weight is 352 g/mol. The number of benzene rings is 1. The largest absolute Gasteiger partial charge is 0.463 e. The highest BCUT2D eigenvalue weighted by molar-refractivity contribution is 9.10. The second kappa shape index (κ2) is 6.76. The molecule has 6 heteroatoms. The van der Waals surface area contributed by atoms with E-state index in [4.69, 9.17) is 4.74 Å². The molecule has 1 heterocycles. The Kier molecular flexibility index (Phi) is 5.01. The van der Waals surface area contributed by atoms with Gasteiger partial charge in [0.1, 0.15) is 0 Å². The second-order valence-electron chi connectivity index (χ2n) is 4.99. The van der Waals surface area contributed by atoms with Crippen LogP contribution in [0.1, 0.15) is 20.8 Å². The molecular weight excluding hydrogens is 334 g/mol. The van der Waals surface area contributed by atoms with Crippen LogP contribution < -0.4 is 10.1 Å². The van der Waals surface area contributed by atoms with Crippen molar-refractivity contribution in [3.8, 4) is 11.6 Å². The number of hydrogen-bond acceptors (Lipinski definition) is 3. The van der Waals surface area contributed by atoms with Gasteiger partial charge in [-0.1, -0.05) is 18.2 Å². The molecule has 0 aliphatic heterocycles. The van der Waals surface area contributed by atoms with Gasteiger partial charge in [0, 0.05) is 12.2 Å². The van der Waals surface area contributed by atoms with Crippen LogP contribution in [0.2, 0.25) is 0 Å². The molecule has 0 saturated heterocycles. The zero-order valence-electron chi connectivity index (χ0n) is 12.2. The smallest absolute Gasteiger partial charge is 0.261 e. The fourth-order valence-corrected chi connectivity index (χ4v) is 2.12. The van der Waals surface area contributed by atoms with Gasteiger partial charge in [0.15, 0.2) is 6.10 Å². The van der Waals surface area contributed by atoms with Gasteiger partial charge in [0.05, 0.1) is 10.2 Å². The molecule has 2 rings (SSSR count). The Morgan fingerprint density at radius 3 is 2.57 bits per heavy atom. The van der Waals surface area contributed by atoms with Crippen LogP contribution in [0, 0.1) is 0 Å². The normalized spacial score (nSPS) is 12.2. The molecule has 5 nitrogen and oxygen atoms in total. The summed E-state index contributed by atoms with van der Waals surface area (Å²) in [4.78, 5) is 11.9. The van der Waals surface area contributed by atoms with Crippen molar-refractivity contribution >= 4 is 21.8 Å². The molecule has 112 valence electrons. The summed E-state index contributed by atoms with van der Waals surface area (Å²) < 4.78 is 8.02. The van der Waals surface area contributed by atoms with E-state index >= 15 is 0 Å². The van der Waals surface area contributed by atoms with Crippen LogP contribution in [-0.4, -0.2) is 27.8 Å². The lowest BCUT2D eigenvalue weighted by Gasteiger charge is -2.15. The maximum atomic E-state index is 11.9. The van der Waals surface area contributed by atoms with Crippen molar-refractivity contribution in [2.45, 2.75) is 32.9 Å². The van der Waals surface area contributed by atoms with Crippen molar-refractivity contribution in [2.24, 2.45) is 0 Å². The zero-order chi connectivity index (χ0) is 15.4. The summed E-state index contributed by atoms with van der Waals surface area (Å²) in [5, 5.41) is 7.16. The number of nitrogens with zero attached hydrogens (tertiary/aromatic N) is 2. The van der Waals surface area contributed by atoms with E-state index in [9.17, 15) is 4.79 Å². The van der Waals surface area contributed by atoms with Gasteiger partial charge < -0.3 is 10.1 Å². The number of halogens is 1. The van der Waals surface area contributed by atoms with Gasteiger partial charge in [-0.2, -0.15) is 0 Å². The Morgan fingerprint density at radius 1 is 1.29 bits per heavy atom. The summed E-state index contributed by atoms with van der Waals surface area (Å²) in [6.07, 6.45) is 1.19. The molecule has 0 aliphatic carbocycles. The number of carbonyl (C=O) groups is 1. The Bertz CT molecular complexity index is 611. The minimum absolute atomic E-state index is 0.0777. The van der Waals surface area contributed by atoms with Crippen molar-refractivity contribution in [3.63, 3.8) is 0 Å². The molecule has 0 spiro atoms. The van der Waals surface area contributed by atoms with Crippen molar-refractivity contribution in [2.75, 3.05) is 0 Å².